The summed E-state index contributed by atoms with van der Waals surface area (Å²) < 4.78 is 5.59. The monoisotopic (exact) mass is 403 g/mol. The van der Waals surface area contributed by atoms with Gasteiger partial charge in [-0.2, -0.15) is 0 Å². The number of nitrogens with one attached hydrogen (secondary N) is 2. The van der Waals surface area contributed by atoms with E-state index in [1.165, 1.54) is 25.6 Å². The van der Waals surface area contributed by atoms with Crippen LogP contribution in [-0.4, -0.2) is 83.6 Å². The molecule has 2 amide bonds. The molecule has 2 N–H and O–H groups in total. The Balaban J connectivity index is 1.21. The molecule has 2 aliphatic heterocycles. The van der Waals surface area contributed by atoms with E-state index in [0.29, 0.717) is 19.0 Å². The van der Waals surface area contributed by atoms with Gasteiger partial charge in [0.05, 0.1) is 12.3 Å². The predicted octanol–water partition coefficient (Wildman–Crippen LogP) is -0.151. The number of nitrogens with zero attached hydrogens (tertiary/aromatic N) is 3. The first-order chi connectivity index (χ1) is 14.1. The molecule has 1 atom stereocenters. The van der Waals surface area contributed by atoms with Crippen LogP contribution < -0.4 is 10.9 Å². The maximum atomic E-state index is 12.3. The van der Waals surface area contributed by atoms with Crippen LogP contribution in [0.1, 0.15) is 36.2 Å². The number of morpholine rings is 1. The van der Waals surface area contributed by atoms with E-state index >= 15 is 0 Å². The predicted molar refractivity (Wildman–Crippen MR) is 105 cm³/mol. The number of piperidine rings is 1. The number of carbonyl (C=O) groups is 2. The van der Waals surface area contributed by atoms with E-state index in [1.54, 1.807) is 0 Å². The van der Waals surface area contributed by atoms with E-state index in [2.05, 4.69) is 20.2 Å². The molecular weight excluding hydrogens is 374 g/mol. The molecular formula is C20H29N5O4. The number of ether oxygens (including phenoxy) is 1. The Morgan fingerprint density at radius 1 is 1.17 bits per heavy atom. The Morgan fingerprint density at radius 3 is 2.62 bits per heavy atom. The van der Waals surface area contributed by atoms with Crippen LogP contribution in [0.2, 0.25) is 0 Å². The standard InChI is InChI=1S/C20H29N5O4/c26-18-9-21-17(8-22-18)20(28)23-7-16-12-25(19(27)13-29-16)11-15-3-5-24(6-4-15)10-14-1-2-14/h8-9,14-16H,1-7,10-13H2,(H,22,26)(H,23,28). The zero-order valence-corrected chi connectivity index (χ0v) is 16.6. The molecule has 3 aliphatic rings. The van der Waals surface area contributed by atoms with Crippen molar-refractivity contribution in [3.05, 3.63) is 28.4 Å². The zero-order chi connectivity index (χ0) is 20.2. The Labute approximate surface area is 169 Å². The third kappa shape index (κ3) is 5.63. The average Bonchev–Trinajstić information content (AvgIpc) is 3.54. The van der Waals surface area contributed by atoms with Crippen molar-refractivity contribution in [1.82, 2.24) is 25.1 Å². The molecule has 9 nitrogen and oxygen atoms in total. The van der Waals surface area contributed by atoms with Gasteiger partial charge in [-0.3, -0.25) is 14.4 Å². The summed E-state index contributed by atoms with van der Waals surface area (Å²) in [4.78, 5) is 46.1. The van der Waals surface area contributed by atoms with Crippen molar-refractivity contribution in [2.75, 3.05) is 45.9 Å². The van der Waals surface area contributed by atoms with Crippen LogP contribution in [0.25, 0.3) is 0 Å². The molecule has 2 saturated heterocycles. The van der Waals surface area contributed by atoms with E-state index in [4.69, 9.17) is 4.74 Å². The minimum Gasteiger partial charge on any atom is -0.365 e. The molecule has 0 radical (unpaired) electrons. The normalized spacial score (nSPS) is 23.9. The molecule has 1 unspecified atom stereocenters. The summed E-state index contributed by atoms with van der Waals surface area (Å²) in [6.45, 7) is 5.11. The Hall–Kier alpha value is -2.26. The van der Waals surface area contributed by atoms with Crippen LogP contribution in [-0.2, 0) is 9.53 Å². The van der Waals surface area contributed by atoms with Gasteiger partial charge in [0.25, 0.3) is 11.5 Å². The lowest BCUT2D eigenvalue weighted by Gasteiger charge is -2.38. The van der Waals surface area contributed by atoms with Crippen LogP contribution in [0, 0.1) is 11.8 Å². The van der Waals surface area contributed by atoms with Crippen molar-refractivity contribution >= 4 is 11.8 Å². The van der Waals surface area contributed by atoms with E-state index in [0.717, 1.165) is 44.6 Å². The lowest BCUT2D eigenvalue weighted by atomic mass is 9.95. The molecule has 1 aromatic rings. The Bertz CT molecular complexity index is 765. The number of hydrogen-bond acceptors (Lipinski definition) is 6. The molecule has 158 valence electrons. The van der Waals surface area contributed by atoms with Gasteiger partial charge in [-0.05, 0) is 50.6 Å². The number of rotatable bonds is 7. The third-order valence-electron chi connectivity index (χ3n) is 6.01. The maximum Gasteiger partial charge on any atom is 0.271 e. The Morgan fingerprint density at radius 2 is 1.93 bits per heavy atom. The summed E-state index contributed by atoms with van der Waals surface area (Å²) in [5.74, 6) is 1.11. The smallest absolute Gasteiger partial charge is 0.271 e. The molecule has 0 spiro atoms. The summed E-state index contributed by atoms with van der Waals surface area (Å²) >= 11 is 0. The molecule has 4 rings (SSSR count). The molecule has 9 heteroatoms. The fourth-order valence-electron chi connectivity index (χ4n) is 4.07. The quantitative estimate of drug-likeness (QED) is 0.656. The largest absolute Gasteiger partial charge is 0.365 e. The van der Waals surface area contributed by atoms with Crippen molar-refractivity contribution in [3.63, 3.8) is 0 Å². The second-order valence-corrected chi connectivity index (χ2v) is 8.43. The van der Waals surface area contributed by atoms with E-state index < -0.39 is 0 Å². The molecule has 1 aliphatic carbocycles. The molecule has 3 heterocycles. The van der Waals surface area contributed by atoms with E-state index in [-0.39, 0.29) is 35.8 Å². The highest BCUT2D eigenvalue weighted by molar-refractivity contribution is 5.91. The number of carbonyl (C=O) groups excluding carboxylic acids is 2. The summed E-state index contributed by atoms with van der Waals surface area (Å²) in [7, 11) is 0. The maximum absolute atomic E-state index is 12.3. The SMILES string of the molecule is O=C(NCC1CN(CC2CCN(CC3CC3)CC2)C(=O)CO1)c1c[nH]c(=O)cn1. The number of likely N-dealkylation sites (tertiary alicyclic amines) is 1. The second kappa shape index (κ2) is 9.04. The molecule has 3 fully saturated rings. The van der Waals surface area contributed by atoms with E-state index in [9.17, 15) is 14.4 Å². The van der Waals surface area contributed by atoms with E-state index in [1.807, 2.05) is 4.90 Å². The van der Waals surface area contributed by atoms with Gasteiger partial charge in [-0.15, -0.1) is 0 Å². The first-order valence-electron chi connectivity index (χ1n) is 10.5. The van der Waals surface area contributed by atoms with Gasteiger partial charge in [0.1, 0.15) is 12.3 Å². The van der Waals surface area contributed by atoms with Crippen LogP contribution in [0.3, 0.4) is 0 Å². The minimum atomic E-state index is -0.378. The molecule has 0 bridgehead atoms. The van der Waals surface area contributed by atoms with Crippen LogP contribution in [0.4, 0.5) is 0 Å². The fraction of sp³-hybridized carbons (Fsp3) is 0.700. The lowest BCUT2D eigenvalue weighted by Crippen LogP contribution is -2.52. The number of aromatic amines is 1. The van der Waals surface area contributed by atoms with Gasteiger partial charge in [-0.25, -0.2) is 4.98 Å². The summed E-state index contributed by atoms with van der Waals surface area (Å²) in [5, 5.41) is 2.76. The number of amides is 2. The third-order valence-corrected chi connectivity index (χ3v) is 6.01. The molecule has 0 aromatic carbocycles. The number of hydrogen-bond donors (Lipinski definition) is 2. The van der Waals surface area contributed by atoms with Gasteiger partial charge >= 0.3 is 0 Å². The van der Waals surface area contributed by atoms with Crippen molar-refractivity contribution in [2.45, 2.75) is 31.8 Å². The minimum absolute atomic E-state index is 0.0234. The highest BCUT2D eigenvalue weighted by Gasteiger charge is 2.31. The van der Waals surface area contributed by atoms with Crippen LogP contribution in [0.5, 0.6) is 0 Å². The van der Waals surface area contributed by atoms with Gasteiger partial charge in [0, 0.05) is 32.4 Å². The van der Waals surface area contributed by atoms with Crippen molar-refractivity contribution < 1.29 is 14.3 Å². The topological polar surface area (TPSA) is 108 Å². The molecule has 1 saturated carbocycles. The first kappa shape index (κ1) is 20.0. The summed E-state index contributed by atoms with van der Waals surface area (Å²) in [6, 6.07) is 0. The number of H-pyrrole nitrogens is 1. The van der Waals surface area contributed by atoms with Gasteiger partial charge in [0.15, 0.2) is 0 Å². The van der Waals surface area contributed by atoms with Gasteiger partial charge in [-0.1, -0.05) is 0 Å². The fourth-order valence-corrected chi connectivity index (χ4v) is 4.07. The van der Waals surface area contributed by atoms with Crippen molar-refractivity contribution in [1.29, 1.82) is 0 Å². The van der Waals surface area contributed by atoms with Gasteiger partial charge < -0.3 is 24.8 Å². The molecule has 1 aromatic heterocycles. The Kier molecular flexibility index (Phi) is 6.25. The molecule has 29 heavy (non-hydrogen) atoms. The first-order valence-corrected chi connectivity index (χ1v) is 10.5. The summed E-state index contributed by atoms with van der Waals surface area (Å²) in [5.41, 5.74) is -0.212. The van der Waals surface area contributed by atoms with Crippen LogP contribution >= 0.6 is 0 Å². The summed E-state index contributed by atoms with van der Waals surface area (Å²) in [6.07, 6.45) is 7.16. The van der Waals surface area contributed by atoms with Crippen LogP contribution in [0.15, 0.2) is 17.2 Å². The highest BCUT2D eigenvalue weighted by atomic mass is 16.5. The van der Waals surface area contributed by atoms with Gasteiger partial charge in [0.2, 0.25) is 5.91 Å². The van der Waals surface area contributed by atoms with Crippen molar-refractivity contribution in [2.24, 2.45) is 11.8 Å². The second-order valence-electron chi connectivity index (χ2n) is 8.43. The highest BCUT2D eigenvalue weighted by Crippen LogP contribution is 2.31. The van der Waals surface area contributed by atoms with Crippen molar-refractivity contribution in [3.8, 4) is 0 Å². The zero-order valence-electron chi connectivity index (χ0n) is 16.6. The lowest BCUT2D eigenvalue weighted by molar-refractivity contribution is -0.149. The number of aromatic nitrogens is 2. The average molecular weight is 403 g/mol.